The van der Waals surface area contributed by atoms with Crippen LogP contribution in [0, 0.1) is 5.41 Å². The average Bonchev–Trinajstić information content (AvgIpc) is 3.10. The van der Waals surface area contributed by atoms with E-state index in [9.17, 15) is 0 Å². The van der Waals surface area contributed by atoms with Crippen LogP contribution in [0.1, 0.15) is 32.4 Å². The predicted octanol–water partition coefficient (Wildman–Crippen LogP) is 2.29. The maximum Gasteiger partial charge on any atom is 0.0543 e. The Hall–Kier alpha value is -0.930. The summed E-state index contributed by atoms with van der Waals surface area (Å²) in [6.07, 6.45) is 4.59. The van der Waals surface area contributed by atoms with Crippen molar-refractivity contribution in [2.24, 2.45) is 5.41 Å². The fourth-order valence-corrected chi connectivity index (χ4v) is 2.32. The third-order valence-electron chi connectivity index (χ3n) is 3.30. The largest absolute Gasteiger partial charge is 0.313 e. The summed E-state index contributed by atoms with van der Waals surface area (Å²) >= 11 is 0. The summed E-state index contributed by atoms with van der Waals surface area (Å²) in [7, 11) is 2.17. The molecule has 1 heterocycles. The lowest BCUT2D eigenvalue weighted by Gasteiger charge is -2.30. The van der Waals surface area contributed by atoms with Gasteiger partial charge in [-0.15, -0.1) is 0 Å². The van der Waals surface area contributed by atoms with Gasteiger partial charge in [0.25, 0.3) is 0 Å². The van der Waals surface area contributed by atoms with Gasteiger partial charge in [0.2, 0.25) is 0 Å². The van der Waals surface area contributed by atoms with Crippen molar-refractivity contribution in [1.29, 1.82) is 0 Å². The van der Waals surface area contributed by atoms with Crippen molar-refractivity contribution in [1.82, 2.24) is 15.2 Å². The fraction of sp³-hybridized carbons (Fsp3) is 0.667. The van der Waals surface area contributed by atoms with Gasteiger partial charge in [0.15, 0.2) is 0 Å². The zero-order chi connectivity index (χ0) is 13.0. The lowest BCUT2D eigenvalue weighted by atomic mass is 9.92. The van der Waals surface area contributed by atoms with Crippen molar-refractivity contribution >= 4 is 0 Å². The van der Waals surface area contributed by atoms with Gasteiger partial charge in [-0.25, -0.2) is 0 Å². The summed E-state index contributed by atoms with van der Waals surface area (Å²) in [6.45, 7) is 7.77. The van der Waals surface area contributed by atoms with E-state index in [1.165, 1.54) is 12.8 Å². The molecule has 1 saturated carbocycles. The molecule has 0 unspecified atom stereocenters. The van der Waals surface area contributed by atoms with Gasteiger partial charge in [-0.05, 0) is 37.4 Å². The first kappa shape index (κ1) is 13.5. The van der Waals surface area contributed by atoms with E-state index in [4.69, 9.17) is 0 Å². The molecule has 3 nitrogen and oxygen atoms in total. The maximum atomic E-state index is 4.38. The van der Waals surface area contributed by atoms with Crippen LogP contribution >= 0.6 is 0 Å². The number of pyridine rings is 1. The Morgan fingerprint density at radius 2 is 2.17 bits per heavy atom. The highest BCUT2D eigenvalue weighted by atomic mass is 15.1. The van der Waals surface area contributed by atoms with Crippen molar-refractivity contribution in [3.8, 4) is 0 Å². The minimum atomic E-state index is 0.312. The van der Waals surface area contributed by atoms with Crippen molar-refractivity contribution in [2.75, 3.05) is 20.1 Å². The lowest BCUT2D eigenvalue weighted by Crippen LogP contribution is -2.39. The number of hydrogen-bond acceptors (Lipinski definition) is 3. The fourth-order valence-electron chi connectivity index (χ4n) is 2.32. The summed E-state index contributed by atoms with van der Waals surface area (Å²) in [4.78, 5) is 6.73. The van der Waals surface area contributed by atoms with Crippen LogP contribution < -0.4 is 5.32 Å². The third-order valence-corrected chi connectivity index (χ3v) is 3.30. The summed E-state index contributed by atoms with van der Waals surface area (Å²) in [5, 5.41) is 3.62. The lowest BCUT2D eigenvalue weighted by molar-refractivity contribution is 0.196. The van der Waals surface area contributed by atoms with Gasteiger partial charge in [0.05, 0.1) is 5.69 Å². The molecule has 1 aliphatic carbocycles. The van der Waals surface area contributed by atoms with E-state index in [0.717, 1.165) is 31.4 Å². The number of aromatic nitrogens is 1. The quantitative estimate of drug-likeness (QED) is 0.801. The first-order chi connectivity index (χ1) is 8.55. The highest BCUT2D eigenvalue weighted by Gasteiger charge is 2.26. The molecule has 18 heavy (non-hydrogen) atoms. The van der Waals surface area contributed by atoms with E-state index in [1.807, 2.05) is 12.3 Å². The highest BCUT2D eigenvalue weighted by Crippen LogP contribution is 2.22. The molecule has 0 amide bonds. The van der Waals surface area contributed by atoms with Gasteiger partial charge in [0, 0.05) is 31.9 Å². The Morgan fingerprint density at radius 1 is 1.39 bits per heavy atom. The van der Waals surface area contributed by atoms with Crippen LogP contribution in [0.15, 0.2) is 24.4 Å². The van der Waals surface area contributed by atoms with Crippen LogP contribution in [-0.4, -0.2) is 36.1 Å². The molecule has 100 valence electrons. The van der Waals surface area contributed by atoms with Crippen LogP contribution in [-0.2, 0) is 6.54 Å². The molecule has 0 atom stereocenters. The minimum absolute atomic E-state index is 0.312. The molecule has 0 aliphatic heterocycles. The van der Waals surface area contributed by atoms with E-state index >= 15 is 0 Å². The molecule has 1 aliphatic rings. The van der Waals surface area contributed by atoms with Crippen molar-refractivity contribution in [2.45, 2.75) is 39.3 Å². The van der Waals surface area contributed by atoms with Gasteiger partial charge in [-0.1, -0.05) is 19.9 Å². The van der Waals surface area contributed by atoms with Crippen LogP contribution in [0.25, 0.3) is 0 Å². The second-order valence-corrected chi connectivity index (χ2v) is 6.31. The Balaban J connectivity index is 1.76. The Bertz CT molecular complexity index is 357. The number of nitrogens with one attached hydrogen (secondary N) is 1. The molecule has 1 aromatic heterocycles. The van der Waals surface area contributed by atoms with E-state index < -0.39 is 0 Å². The number of rotatable bonds is 7. The summed E-state index contributed by atoms with van der Waals surface area (Å²) in [6, 6.07) is 6.90. The second-order valence-electron chi connectivity index (χ2n) is 6.31. The van der Waals surface area contributed by atoms with Crippen LogP contribution in [0.3, 0.4) is 0 Å². The summed E-state index contributed by atoms with van der Waals surface area (Å²) in [5.74, 6) is 0. The molecule has 0 bridgehead atoms. The normalized spacial score (nSPS) is 16.2. The molecule has 2 rings (SSSR count). The molecular weight excluding hydrogens is 222 g/mol. The molecule has 1 aromatic rings. The van der Waals surface area contributed by atoms with Crippen LogP contribution in [0.4, 0.5) is 0 Å². The molecule has 1 N–H and O–H groups in total. The van der Waals surface area contributed by atoms with Gasteiger partial charge >= 0.3 is 0 Å². The SMILES string of the molecule is CN(Cc1ccccn1)CC(C)(C)CNC1CC1. The van der Waals surface area contributed by atoms with Crippen molar-refractivity contribution in [3.05, 3.63) is 30.1 Å². The monoisotopic (exact) mass is 247 g/mol. The summed E-state index contributed by atoms with van der Waals surface area (Å²) in [5.41, 5.74) is 1.46. The summed E-state index contributed by atoms with van der Waals surface area (Å²) < 4.78 is 0. The minimum Gasteiger partial charge on any atom is -0.313 e. The molecule has 0 aromatic carbocycles. The Kier molecular flexibility index (Phi) is 4.36. The maximum absolute atomic E-state index is 4.38. The predicted molar refractivity (Wildman–Crippen MR) is 75.4 cm³/mol. The Morgan fingerprint density at radius 3 is 2.78 bits per heavy atom. The average molecular weight is 247 g/mol. The second kappa shape index (κ2) is 5.81. The van der Waals surface area contributed by atoms with Gasteiger partial charge in [-0.3, -0.25) is 9.88 Å². The molecular formula is C15H25N3. The topological polar surface area (TPSA) is 28.2 Å². The van der Waals surface area contributed by atoms with E-state index in [1.54, 1.807) is 0 Å². The number of nitrogens with zero attached hydrogens (tertiary/aromatic N) is 2. The van der Waals surface area contributed by atoms with Crippen molar-refractivity contribution < 1.29 is 0 Å². The zero-order valence-electron chi connectivity index (χ0n) is 11.8. The molecule has 0 spiro atoms. The van der Waals surface area contributed by atoms with Gasteiger partial charge in [-0.2, -0.15) is 0 Å². The van der Waals surface area contributed by atoms with Gasteiger partial charge < -0.3 is 5.32 Å². The first-order valence-electron chi connectivity index (χ1n) is 6.87. The standard InChI is InChI=1S/C15H25N3/c1-15(2,11-17-13-7-8-13)12-18(3)10-14-6-4-5-9-16-14/h4-6,9,13,17H,7-8,10-12H2,1-3H3. The molecule has 0 radical (unpaired) electrons. The smallest absolute Gasteiger partial charge is 0.0543 e. The van der Waals surface area contributed by atoms with E-state index in [0.29, 0.717) is 5.41 Å². The Labute approximate surface area is 111 Å². The van der Waals surface area contributed by atoms with Crippen molar-refractivity contribution in [3.63, 3.8) is 0 Å². The number of hydrogen-bond donors (Lipinski definition) is 1. The third kappa shape index (κ3) is 4.75. The van der Waals surface area contributed by atoms with Crippen LogP contribution in [0.2, 0.25) is 0 Å². The molecule has 0 saturated heterocycles. The highest BCUT2D eigenvalue weighted by molar-refractivity contribution is 5.03. The molecule has 1 fully saturated rings. The van der Waals surface area contributed by atoms with E-state index in [-0.39, 0.29) is 0 Å². The van der Waals surface area contributed by atoms with E-state index in [2.05, 4.69) is 48.2 Å². The zero-order valence-corrected chi connectivity index (χ0v) is 11.8. The first-order valence-corrected chi connectivity index (χ1v) is 6.87. The van der Waals surface area contributed by atoms with Crippen LogP contribution in [0.5, 0.6) is 0 Å². The molecule has 3 heteroatoms. The van der Waals surface area contributed by atoms with Gasteiger partial charge in [0.1, 0.15) is 0 Å².